The SMILES string of the molecule is CCCSc1nc(N2CCOCC2)c2cnn(CCNC(=O)c3ccccc3OCC)c2n1. The van der Waals surface area contributed by atoms with E-state index in [1.165, 1.54) is 0 Å². The molecular weight excluding hydrogens is 440 g/mol. The van der Waals surface area contributed by atoms with E-state index in [1.807, 2.05) is 29.9 Å². The van der Waals surface area contributed by atoms with Gasteiger partial charge in [0.25, 0.3) is 5.91 Å². The van der Waals surface area contributed by atoms with Crippen LogP contribution < -0.4 is 15.0 Å². The number of nitrogens with zero attached hydrogens (tertiary/aromatic N) is 5. The molecule has 0 aliphatic carbocycles. The third-order valence-electron chi connectivity index (χ3n) is 5.24. The molecule has 1 fully saturated rings. The van der Waals surface area contributed by atoms with E-state index >= 15 is 0 Å². The summed E-state index contributed by atoms with van der Waals surface area (Å²) >= 11 is 1.65. The summed E-state index contributed by atoms with van der Waals surface area (Å²) in [5.74, 6) is 2.28. The summed E-state index contributed by atoms with van der Waals surface area (Å²) in [4.78, 5) is 24.6. The molecule has 0 unspecified atom stereocenters. The molecule has 1 N–H and O–H groups in total. The Kier molecular flexibility index (Phi) is 8.01. The van der Waals surface area contributed by atoms with Crippen molar-refractivity contribution < 1.29 is 14.3 Å². The maximum absolute atomic E-state index is 12.7. The van der Waals surface area contributed by atoms with Crippen molar-refractivity contribution in [1.82, 2.24) is 25.1 Å². The number of amides is 1. The third-order valence-corrected chi connectivity index (χ3v) is 6.30. The number of benzene rings is 1. The van der Waals surface area contributed by atoms with E-state index in [-0.39, 0.29) is 5.91 Å². The van der Waals surface area contributed by atoms with Crippen molar-refractivity contribution in [3.8, 4) is 5.75 Å². The maximum Gasteiger partial charge on any atom is 0.255 e. The number of nitrogens with one attached hydrogen (secondary N) is 1. The number of morpholine rings is 1. The highest BCUT2D eigenvalue weighted by atomic mass is 32.2. The van der Waals surface area contributed by atoms with Crippen molar-refractivity contribution in [1.29, 1.82) is 0 Å². The zero-order valence-corrected chi connectivity index (χ0v) is 19.9. The molecule has 4 rings (SSSR count). The van der Waals surface area contributed by atoms with Gasteiger partial charge in [-0.3, -0.25) is 4.79 Å². The van der Waals surface area contributed by atoms with Gasteiger partial charge in [0.15, 0.2) is 10.8 Å². The van der Waals surface area contributed by atoms with Crippen LogP contribution in [0.2, 0.25) is 0 Å². The lowest BCUT2D eigenvalue weighted by Crippen LogP contribution is -2.37. The normalized spacial score (nSPS) is 13.9. The van der Waals surface area contributed by atoms with E-state index < -0.39 is 0 Å². The molecule has 0 spiro atoms. The number of thioether (sulfide) groups is 1. The smallest absolute Gasteiger partial charge is 0.255 e. The van der Waals surface area contributed by atoms with Crippen LogP contribution in [0.1, 0.15) is 30.6 Å². The molecule has 176 valence electrons. The Bertz CT molecular complexity index is 1080. The lowest BCUT2D eigenvalue weighted by Gasteiger charge is -2.28. The van der Waals surface area contributed by atoms with Crippen molar-refractivity contribution in [2.75, 3.05) is 50.1 Å². The molecule has 3 heterocycles. The lowest BCUT2D eigenvalue weighted by molar-refractivity contribution is 0.0948. The predicted octanol–water partition coefficient (Wildman–Crippen LogP) is 2.99. The largest absolute Gasteiger partial charge is 0.493 e. The van der Waals surface area contributed by atoms with Crippen LogP contribution in [0.15, 0.2) is 35.6 Å². The van der Waals surface area contributed by atoms with Gasteiger partial charge in [-0.25, -0.2) is 14.6 Å². The van der Waals surface area contributed by atoms with Crippen LogP contribution in [0.4, 0.5) is 5.82 Å². The van der Waals surface area contributed by atoms with E-state index in [0.717, 1.165) is 47.3 Å². The molecule has 1 aliphatic heterocycles. The second kappa shape index (κ2) is 11.3. The number of para-hydroxylation sites is 1. The molecule has 1 aliphatic rings. The molecule has 9 nitrogen and oxygen atoms in total. The van der Waals surface area contributed by atoms with Gasteiger partial charge in [0.2, 0.25) is 0 Å². The Hall–Kier alpha value is -2.85. The van der Waals surface area contributed by atoms with E-state index in [2.05, 4.69) is 22.2 Å². The fraction of sp³-hybridized carbons (Fsp3) is 0.478. The molecule has 2 aromatic heterocycles. The quantitative estimate of drug-likeness (QED) is 0.357. The fourth-order valence-corrected chi connectivity index (χ4v) is 4.35. The Morgan fingerprint density at radius 2 is 2.03 bits per heavy atom. The maximum atomic E-state index is 12.7. The molecule has 0 radical (unpaired) electrons. The number of aromatic nitrogens is 4. The van der Waals surface area contributed by atoms with E-state index in [4.69, 9.17) is 19.4 Å². The zero-order valence-electron chi connectivity index (χ0n) is 19.1. The van der Waals surface area contributed by atoms with Gasteiger partial charge in [0.1, 0.15) is 11.6 Å². The number of hydrogen-bond acceptors (Lipinski definition) is 8. The highest BCUT2D eigenvalue weighted by Gasteiger charge is 2.20. The van der Waals surface area contributed by atoms with Crippen LogP contribution in [0, 0.1) is 0 Å². The minimum atomic E-state index is -0.168. The zero-order chi connectivity index (χ0) is 23.0. The summed E-state index contributed by atoms with van der Waals surface area (Å²) < 4.78 is 12.9. The first kappa shape index (κ1) is 23.3. The second-order valence-corrected chi connectivity index (χ2v) is 8.63. The number of carbonyl (C=O) groups is 1. The van der Waals surface area contributed by atoms with E-state index in [9.17, 15) is 4.79 Å². The monoisotopic (exact) mass is 470 g/mol. The summed E-state index contributed by atoms with van der Waals surface area (Å²) in [6.07, 6.45) is 2.87. The number of fused-ring (bicyclic) bond motifs is 1. The molecule has 0 atom stereocenters. The summed E-state index contributed by atoms with van der Waals surface area (Å²) in [6, 6.07) is 7.26. The Labute approximate surface area is 197 Å². The highest BCUT2D eigenvalue weighted by Crippen LogP contribution is 2.28. The predicted molar refractivity (Wildman–Crippen MR) is 129 cm³/mol. The topological polar surface area (TPSA) is 94.4 Å². The Morgan fingerprint density at radius 1 is 1.21 bits per heavy atom. The van der Waals surface area contributed by atoms with Crippen molar-refractivity contribution >= 4 is 34.5 Å². The van der Waals surface area contributed by atoms with Crippen LogP contribution >= 0.6 is 11.8 Å². The number of carbonyl (C=O) groups excluding carboxylic acids is 1. The molecule has 33 heavy (non-hydrogen) atoms. The number of rotatable bonds is 10. The fourth-order valence-electron chi connectivity index (χ4n) is 3.66. The molecule has 10 heteroatoms. The van der Waals surface area contributed by atoms with Crippen molar-refractivity contribution in [2.45, 2.75) is 32.0 Å². The molecule has 1 saturated heterocycles. The molecule has 3 aromatic rings. The van der Waals surface area contributed by atoms with Gasteiger partial charge in [-0.2, -0.15) is 5.10 Å². The molecule has 1 aromatic carbocycles. The van der Waals surface area contributed by atoms with E-state index in [0.29, 0.717) is 44.2 Å². The lowest BCUT2D eigenvalue weighted by atomic mass is 10.2. The first-order chi connectivity index (χ1) is 16.2. The van der Waals surface area contributed by atoms with Crippen LogP contribution in [-0.2, 0) is 11.3 Å². The first-order valence-corrected chi connectivity index (χ1v) is 12.4. The summed E-state index contributed by atoms with van der Waals surface area (Å²) in [7, 11) is 0. The van der Waals surface area contributed by atoms with Crippen LogP contribution in [0.5, 0.6) is 5.75 Å². The molecule has 1 amide bonds. The summed E-state index contributed by atoms with van der Waals surface area (Å²) in [5, 5.41) is 9.21. The van der Waals surface area contributed by atoms with Crippen molar-refractivity contribution in [3.05, 3.63) is 36.0 Å². The molecule has 0 bridgehead atoms. The van der Waals surface area contributed by atoms with Gasteiger partial charge in [0.05, 0.1) is 43.5 Å². The van der Waals surface area contributed by atoms with Crippen molar-refractivity contribution in [2.24, 2.45) is 0 Å². The first-order valence-electron chi connectivity index (χ1n) is 11.4. The molecule has 0 saturated carbocycles. The average molecular weight is 471 g/mol. The molecular formula is C23H30N6O3S. The second-order valence-electron chi connectivity index (χ2n) is 7.57. The van der Waals surface area contributed by atoms with Gasteiger partial charge in [-0.15, -0.1) is 0 Å². The van der Waals surface area contributed by atoms with Gasteiger partial charge >= 0.3 is 0 Å². The van der Waals surface area contributed by atoms with Gasteiger partial charge < -0.3 is 19.7 Å². The van der Waals surface area contributed by atoms with Gasteiger partial charge in [-0.1, -0.05) is 30.8 Å². The average Bonchev–Trinajstić information content (AvgIpc) is 3.26. The Balaban J connectivity index is 1.51. The van der Waals surface area contributed by atoms with Gasteiger partial charge in [0, 0.05) is 25.4 Å². The van der Waals surface area contributed by atoms with E-state index in [1.54, 1.807) is 23.9 Å². The number of hydrogen-bond donors (Lipinski definition) is 1. The third kappa shape index (κ3) is 5.56. The van der Waals surface area contributed by atoms with Crippen LogP contribution in [-0.4, -0.2) is 70.9 Å². The standard InChI is InChI=1S/C23H30N6O3S/c1-3-15-33-23-26-20(28-11-13-31-14-12-28)18-16-25-29(21(18)27-23)10-9-24-22(30)17-7-5-6-8-19(17)32-4-2/h5-8,16H,3-4,9-15H2,1-2H3,(H,24,30). The summed E-state index contributed by atoms with van der Waals surface area (Å²) in [6.45, 7) is 8.44. The Morgan fingerprint density at radius 3 is 2.82 bits per heavy atom. The minimum Gasteiger partial charge on any atom is -0.493 e. The van der Waals surface area contributed by atoms with Gasteiger partial charge in [-0.05, 0) is 25.5 Å². The number of ether oxygens (including phenoxy) is 2. The van der Waals surface area contributed by atoms with Crippen LogP contribution in [0.3, 0.4) is 0 Å². The van der Waals surface area contributed by atoms with Crippen LogP contribution in [0.25, 0.3) is 11.0 Å². The number of anilines is 1. The van der Waals surface area contributed by atoms with Crippen molar-refractivity contribution in [3.63, 3.8) is 0 Å². The highest BCUT2D eigenvalue weighted by molar-refractivity contribution is 7.99. The minimum absolute atomic E-state index is 0.168. The summed E-state index contributed by atoms with van der Waals surface area (Å²) in [5.41, 5.74) is 1.31.